The maximum atomic E-state index is 14.2. The second-order valence-corrected chi connectivity index (χ2v) is 10.4. The van der Waals surface area contributed by atoms with Crippen LogP contribution >= 0.6 is 11.8 Å². The number of nitrogens with zero attached hydrogens (tertiary/aromatic N) is 1. The Morgan fingerprint density at radius 3 is 1.64 bits per heavy atom. The molecule has 0 spiro atoms. The topological polar surface area (TPSA) is 78.9 Å². The lowest BCUT2D eigenvalue weighted by molar-refractivity contribution is -0.417. The van der Waals surface area contributed by atoms with Crippen molar-refractivity contribution in [2.75, 3.05) is 19.1 Å². The van der Waals surface area contributed by atoms with Crippen LogP contribution in [0.3, 0.4) is 0 Å². The van der Waals surface area contributed by atoms with Gasteiger partial charge in [0.05, 0.1) is 19.6 Å². The zero-order valence-electron chi connectivity index (χ0n) is 21.6. The van der Waals surface area contributed by atoms with Gasteiger partial charge in [0.1, 0.15) is 17.4 Å². The number of thioether (sulfide) groups is 1. The number of para-hydroxylation sites is 1. The van der Waals surface area contributed by atoms with E-state index in [0.717, 1.165) is 5.56 Å². The fourth-order valence-corrected chi connectivity index (χ4v) is 6.50. The summed E-state index contributed by atoms with van der Waals surface area (Å²) in [6.45, 7) is 0. The van der Waals surface area contributed by atoms with Gasteiger partial charge in [-0.3, -0.25) is 9.59 Å². The highest BCUT2D eigenvalue weighted by atomic mass is 32.2. The van der Waals surface area contributed by atoms with E-state index in [1.807, 2.05) is 60.7 Å². The number of carbonyl (C=O) groups is 2. The minimum Gasteiger partial charge on any atom is -0.835 e. The molecule has 3 atom stereocenters. The average Bonchev–Trinajstić information content (AvgIpc) is 3.34. The first kappa shape index (κ1) is 26.5. The fourth-order valence-electron chi connectivity index (χ4n) is 4.84. The van der Waals surface area contributed by atoms with Crippen LogP contribution in [0.4, 0.5) is 5.69 Å². The van der Waals surface area contributed by atoms with Crippen LogP contribution in [-0.4, -0.2) is 37.4 Å². The molecule has 0 N–H and O–H groups in total. The molecule has 7 heteroatoms. The molecule has 4 aromatic rings. The van der Waals surface area contributed by atoms with Crippen LogP contribution < -0.4 is 19.5 Å². The number of carbonyl (C=O) groups excluding carboxylic acids is 2. The van der Waals surface area contributed by atoms with Crippen molar-refractivity contribution in [1.29, 1.82) is 0 Å². The van der Waals surface area contributed by atoms with Crippen LogP contribution in [0.15, 0.2) is 109 Å². The van der Waals surface area contributed by atoms with Crippen molar-refractivity contribution in [2.45, 2.75) is 16.9 Å². The highest BCUT2D eigenvalue weighted by molar-refractivity contribution is 8.00. The molecule has 0 aliphatic carbocycles. The van der Waals surface area contributed by atoms with E-state index >= 15 is 0 Å². The van der Waals surface area contributed by atoms with Gasteiger partial charge in [-0.15, -0.1) is 11.8 Å². The molecule has 198 valence electrons. The molecule has 1 aliphatic rings. The normalized spacial score (nSPS) is 18.7. The van der Waals surface area contributed by atoms with E-state index < -0.39 is 22.8 Å². The number of ketones is 2. The Bertz CT molecular complexity index is 1350. The van der Waals surface area contributed by atoms with Gasteiger partial charge < -0.3 is 19.5 Å². The lowest BCUT2D eigenvalue weighted by Gasteiger charge is -2.39. The maximum Gasteiger partial charge on any atom is 0.176 e. The minimum absolute atomic E-state index is 0.349. The molecule has 1 aliphatic heterocycles. The average molecular weight is 539 g/mol. The third kappa shape index (κ3) is 5.41. The molecule has 39 heavy (non-hydrogen) atoms. The first-order valence-corrected chi connectivity index (χ1v) is 13.5. The monoisotopic (exact) mass is 538 g/mol. The highest BCUT2D eigenvalue weighted by Crippen LogP contribution is 2.49. The van der Waals surface area contributed by atoms with Crippen LogP contribution in [-0.2, 0) is 0 Å². The molecule has 0 saturated carbocycles. The number of benzene rings is 4. The Morgan fingerprint density at radius 2 is 1.18 bits per heavy atom. The van der Waals surface area contributed by atoms with Crippen molar-refractivity contribution >= 4 is 29.0 Å². The van der Waals surface area contributed by atoms with Crippen LogP contribution in [0.1, 0.15) is 31.5 Å². The summed E-state index contributed by atoms with van der Waals surface area (Å²) in [4.78, 5) is 30.0. The van der Waals surface area contributed by atoms with Gasteiger partial charge in [0.25, 0.3) is 0 Å². The molecule has 6 nitrogen and oxygen atoms in total. The molecule has 0 amide bonds. The van der Waals surface area contributed by atoms with Crippen LogP contribution in [0.25, 0.3) is 0 Å². The van der Waals surface area contributed by atoms with Gasteiger partial charge in [0.15, 0.2) is 11.6 Å². The molecule has 1 saturated heterocycles. The summed E-state index contributed by atoms with van der Waals surface area (Å²) in [7, 11) is 3.11. The summed E-state index contributed by atoms with van der Waals surface area (Å²) < 4.78 is 10.5. The highest BCUT2D eigenvalue weighted by Gasteiger charge is 2.47. The van der Waals surface area contributed by atoms with Crippen molar-refractivity contribution in [1.82, 2.24) is 0 Å². The second kappa shape index (κ2) is 11.8. The first-order valence-electron chi connectivity index (χ1n) is 12.6. The van der Waals surface area contributed by atoms with Crippen molar-refractivity contribution in [2.24, 2.45) is 5.92 Å². The number of anilines is 1. The molecular weight excluding hydrogens is 510 g/mol. The molecule has 0 bridgehead atoms. The Balaban J connectivity index is 1.62. The summed E-state index contributed by atoms with van der Waals surface area (Å²) in [6, 6.07) is 32.2. The molecule has 4 aromatic carbocycles. The molecule has 0 aromatic heterocycles. The van der Waals surface area contributed by atoms with E-state index in [-0.39, 0.29) is 11.6 Å². The Hall–Kier alpha value is -4.07. The molecule has 0 radical (unpaired) electrons. The second-order valence-electron chi connectivity index (χ2n) is 9.15. The van der Waals surface area contributed by atoms with Gasteiger partial charge in [-0.2, -0.15) is 0 Å². The predicted molar refractivity (Wildman–Crippen MR) is 151 cm³/mol. The van der Waals surface area contributed by atoms with E-state index in [4.69, 9.17) is 9.47 Å². The van der Waals surface area contributed by atoms with Gasteiger partial charge in [-0.05, 0) is 72.5 Å². The molecule has 3 unspecified atom stereocenters. The summed E-state index contributed by atoms with van der Waals surface area (Å²) >= 11 is 1.37. The van der Waals surface area contributed by atoms with Crippen molar-refractivity contribution < 1.29 is 24.2 Å². The minimum atomic E-state index is -1.21. The third-order valence-electron chi connectivity index (χ3n) is 6.87. The first-order chi connectivity index (χ1) is 19.0. The maximum absolute atomic E-state index is 14.2. The molecule has 1 heterocycles. The predicted octanol–water partition coefficient (Wildman–Crippen LogP) is 5.39. The van der Waals surface area contributed by atoms with Crippen LogP contribution in [0, 0.1) is 5.92 Å². The standard InChI is InChI=1S/C32H28NO5S/c1-37-25-17-13-21(14-18-25)28(34)27(29(35)22-15-19-26(38-2)20-16-22)32-33(24-11-7-4-8-12-24)31(36)30(39-32)23-9-5-3-6-10-23/h3-20,27,30-32H,1-2H3/q-1. The Kier molecular flexibility index (Phi) is 8.00. The Morgan fingerprint density at radius 1 is 0.718 bits per heavy atom. The summed E-state index contributed by atoms with van der Waals surface area (Å²) in [6.07, 6.45) is -1.21. The zero-order valence-corrected chi connectivity index (χ0v) is 22.4. The van der Waals surface area contributed by atoms with Gasteiger partial charge in [-0.1, -0.05) is 48.5 Å². The number of hydrogen-bond donors (Lipinski definition) is 0. The number of methoxy groups -OCH3 is 2. The number of Topliss-reactive ketones (excluding diaryl/α,β-unsaturated/α-hetero) is 2. The number of hydrogen-bond acceptors (Lipinski definition) is 7. The van der Waals surface area contributed by atoms with Gasteiger partial charge >= 0.3 is 0 Å². The van der Waals surface area contributed by atoms with Crippen molar-refractivity contribution in [3.63, 3.8) is 0 Å². The fraction of sp³-hybridized carbons (Fsp3) is 0.188. The van der Waals surface area contributed by atoms with E-state index in [9.17, 15) is 14.7 Å². The molecule has 1 fully saturated rings. The quantitative estimate of drug-likeness (QED) is 0.209. The summed E-state index contributed by atoms with van der Waals surface area (Å²) in [5.41, 5.74) is 2.28. The van der Waals surface area contributed by atoms with Gasteiger partial charge in [-0.25, -0.2) is 0 Å². The molecular formula is C32H28NO5S-. The van der Waals surface area contributed by atoms with E-state index in [1.54, 1.807) is 67.7 Å². The number of rotatable bonds is 9. The van der Waals surface area contributed by atoms with E-state index in [0.29, 0.717) is 28.3 Å². The van der Waals surface area contributed by atoms with Gasteiger partial charge in [0, 0.05) is 22.1 Å². The van der Waals surface area contributed by atoms with E-state index in [2.05, 4.69) is 0 Å². The van der Waals surface area contributed by atoms with Crippen molar-refractivity contribution in [3.05, 3.63) is 126 Å². The zero-order chi connectivity index (χ0) is 27.4. The smallest absolute Gasteiger partial charge is 0.176 e. The van der Waals surface area contributed by atoms with Crippen LogP contribution in [0.2, 0.25) is 0 Å². The van der Waals surface area contributed by atoms with Gasteiger partial charge in [0.2, 0.25) is 0 Å². The third-order valence-corrected chi connectivity index (χ3v) is 8.45. The van der Waals surface area contributed by atoms with Crippen molar-refractivity contribution in [3.8, 4) is 11.5 Å². The Labute approximate surface area is 232 Å². The molecule has 5 rings (SSSR count). The SMILES string of the molecule is COc1ccc(C(=O)C(C(=O)c2ccc(OC)cc2)C2SC(c3ccccc3)C([O-])N2c2ccccc2)cc1. The summed E-state index contributed by atoms with van der Waals surface area (Å²) in [5, 5.41) is 12.8. The summed E-state index contributed by atoms with van der Waals surface area (Å²) in [5.74, 6) is -0.623. The number of ether oxygens (including phenoxy) is 2. The van der Waals surface area contributed by atoms with E-state index in [1.165, 1.54) is 11.8 Å². The lowest BCUT2D eigenvalue weighted by Crippen LogP contribution is -2.50. The lowest BCUT2D eigenvalue weighted by atomic mass is 9.88. The largest absolute Gasteiger partial charge is 0.835 e. The van der Waals surface area contributed by atoms with Crippen LogP contribution in [0.5, 0.6) is 11.5 Å².